The van der Waals surface area contributed by atoms with Crippen LogP contribution in [-0.4, -0.2) is 16.2 Å². The highest BCUT2D eigenvalue weighted by atomic mass is 32.2. The molecule has 1 aromatic rings. The first kappa shape index (κ1) is 9.79. The lowest BCUT2D eigenvalue weighted by Crippen LogP contribution is -2.01. The average Bonchev–Trinajstić information content (AvgIpc) is 2.49. The number of thioether (sulfide) groups is 1. The van der Waals surface area contributed by atoms with E-state index < -0.39 is 0 Å². The number of hydrogen-bond donors (Lipinski definition) is 2. The molecule has 0 spiro atoms. The molecule has 0 unspecified atom stereocenters. The van der Waals surface area contributed by atoms with Crippen LogP contribution in [-0.2, 0) is 4.79 Å². The monoisotopic (exact) mass is 220 g/mol. The molecule has 2 rings (SSSR count). The minimum atomic E-state index is -0.314. The third-order valence-corrected chi connectivity index (χ3v) is 2.64. The number of rotatable bonds is 1. The van der Waals surface area contributed by atoms with E-state index in [0.29, 0.717) is 4.91 Å². The molecular formula is C10H8N2O2S. The lowest BCUT2D eigenvalue weighted by Gasteiger charge is -1.95. The van der Waals surface area contributed by atoms with Gasteiger partial charge in [0.2, 0.25) is 0 Å². The largest absolute Gasteiger partial charge is 0.508 e. The maximum atomic E-state index is 11.2. The first-order valence-electron chi connectivity index (χ1n) is 4.22. The average molecular weight is 220 g/mol. The fourth-order valence-electron chi connectivity index (χ4n) is 1.15. The van der Waals surface area contributed by atoms with Crippen LogP contribution in [0.15, 0.2) is 34.2 Å². The van der Waals surface area contributed by atoms with Crippen LogP contribution < -0.4 is 5.73 Å². The molecule has 5 heteroatoms. The number of nitrogens with two attached hydrogens (primary N) is 1. The molecule has 1 amide bonds. The van der Waals surface area contributed by atoms with Crippen molar-refractivity contribution in [2.75, 3.05) is 0 Å². The second-order valence-electron chi connectivity index (χ2n) is 2.96. The van der Waals surface area contributed by atoms with E-state index in [1.165, 1.54) is 0 Å². The normalized spacial score (nSPS) is 18.3. The van der Waals surface area contributed by atoms with Gasteiger partial charge in [0.15, 0.2) is 5.17 Å². The fourth-order valence-corrected chi connectivity index (χ4v) is 1.83. The quantitative estimate of drug-likeness (QED) is 0.700. The van der Waals surface area contributed by atoms with Crippen molar-refractivity contribution in [3.8, 4) is 5.75 Å². The Morgan fingerprint density at radius 1 is 1.33 bits per heavy atom. The molecule has 0 radical (unpaired) electrons. The van der Waals surface area contributed by atoms with E-state index in [0.717, 1.165) is 17.3 Å². The van der Waals surface area contributed by atoms with Crippen LogP contribution in [0.3, 0.4) is 0 Å². The molecule has 3 N–H and O–H groups in total. The molecule has 0 saturated carbocycles. The van der Waals surface area contributed by atoms with Crippen molar-refractivity contribution in [1.82, 2.24) is 0 Å². The van der Waals surface area contributed by atoms with Gasteiger partial charge in [-0.3, -0.25) is 4.79 Å². The smallest absolute Gasteiger partial charge is 0.286 e. The van der Waals surface area contributed by atoms with Gasteiger partial charge in [0, 0.05) is 0 Å². The lowest BCUT2D eigenvalue weighted by molar-refractivity contribution is -0.113. The van der Waals surface area contributed by atoms with Crippen LogP contribution in [0.25, 0.3) is 6.08 Å². The number of amidine groups is 1. The van der Waals surface area contributed by atoms with E-state index in [9.17, 15) is 4.79 Å². The minimum absolute atomic E-state index is 0.193. The van der Waals surface area contributed by atoms with Crippen molar-refractivity contribution in [2.24, 2.45) is 10.7 Å². The minimum Gasteiger partial charge on any atom is -0.508 e. The van der Waals surface area contributed by atoms with Gasteiger partial charge in [-0.15, -0.1) is 0 Å². The Bertz CT molecular complexity index is 463. The molecule has 0 aromatic heterocycles. The summed E-state index contributed by atoms with van der Waals surface area (Å²) in [6.07, 6.45) is 1.69. The molecule has 1 aromatic carbocycles. The standard InChI is InChI=1S/C10H8N2O2S/c11-10-12-9(14)8(15-10)5-6-1-3-7(13)4-2-6/h1-5,13H,(H2,11,12,14). The fraction of sp³-hybridized carbons (Fsp3) is 0. The van der Waals surface area contributed by atoms with Gasteiger partial charge in [-0.25, -0.2) is 0 Å². The number of amides is 1. The van der Waals surface area contributed by atoms with Crippen molar-refractivity contribution >= 4 is 28.9 Å². The number of nitrogens with zero attached hydrogens (tertiary/aromatic N) is 1. The molecule has 0 atom stereocenters. The van der Waals surface area contributed by atoms with Crippen LogP contribution in [0.5, 0.6) is 5.75 Å². The van der Waals surface area contributed by atoms with Gasteiger partial charge < -0.3 is 10.8 Å². The van der Waals surface area contributed by atoms with Gasteiger partial charge in [0.25, 0.3) is 5.91 Å². The summed E-state index contributed by atoms with van der Waals surface area (Å²) in [5.74, 6) is -0.121. The van der Waals surface area contributed by atoms with E-state index in [1.807, 2.05) is 0 Å². The number of benzene rings is 1. The molecule has 0 aliphatic carbocycles. The summed E-state index contributed by atoms with van der Waals surface area (Å²) in [7, 11) is 0. The van der Waals surface area contributed by atoms with Crippen LogP contribution in [0.2, 0.25) is 0 Å². The van der Waals surface area contributed by atoms with E-state index >= 15 is 0 Å². The Morgan fingerprint density at radius 2 is 2.00 bits per heavy atom. The number of aromatic hydroxyl groups is 1. The molecule has 0 bridgehead atoms. The maximum Gasteiger partial charge on any atom is 0.286 e. The summed E-state index contributed by atoms with van der Waals surface area (Å²) >= 11 is 1.15. The Labute approximate surface area is 90.5 Å². The van der Waals surface area contributed by atoms with Gasteiger partial charge in [-0.2, -0.15) is 4.99 Å². The van der Waals surface area contributed by atoms with E-state index in [4.69, 9.17) is 10.8 Å². The van der Waals surface area contributed by atoms with E-state index in [2.05, 4.69) is 4.99 Å². The number of phenolic OH excluding ortho intramolecular Hbond substituents is 1. The molecule has 0 saturated heterocycles. The predicted octanol–water partition coefficient (Wildman–Crippen LogP) is 1.32. The van der Waals surface area contributed by atoms with Crippen molar-refractivity contribution < 1.29 is 9.90 Å². The summed E-state index contributed by atoms with van der Waals surface area (Å²) < 4.78 is 0. The molecule has 1 aliphatic heterocycles. The highest BCUT2D eigenvalue weighted by Crippen LogP contribution is 2.26. The summed E-state index contributed by atoms with van der Waals surface area (Å²) in [6, 6.07) is 6.54. The third-order valence-electron chi connectivity index (χ3n) is 1.83. The SMILES string of the molecule is NC1=NC(=O)C(=Cc2ccc(O)cc2)S1. The molecule has 0 fully saturated rings. The van der Waals surface area contributed by atoms with Gasteiger partial charge in [0.1, 0.15) is 5.75 Å². The Morgan fingerprint density at radius 3 is 2.53 bits per heavy atom. The second-order valence-corrected chi connectivity index (χ2v) is 4.02. The topological polar surface area (TPSA) is 75.7 Å². The highest BCUT2D eigenvalue weighted by molar-refractivity contribution is 8.18. The Balaban J connectivity index is 2.25. The molecular weight excluding hydrogens is 212 g/mol. The molecule has 15 heavy (non-hydrogen) atoms. The van der Waals surface area contributed by atoms with Gasteiger partial charge in [0.05, 0.1) is 4.91 Å². The van der Waals surface area contributed by atoms with Gasteiger partial charge in [-0.1, -0.05) is 12.1 Å². The lowest BCUT2D eigenvalue weighted by atomic mass is 10.2. The third kappa shape index (κ3) is 2.19. The highest BCUT2D eigenvalue weighted by Gasteiger charge is 2.19. The zero-order valence-electron chi connectivity index (χ0n) is 7.68. The zero-order valence-corrected chi connectivity index (χ0v) is 8.49. The van der Waals surface area contributed by atoms with Crippen LogP contribution in [0.1, 0.15) is 5.56 Å². The van der Waals surface area contributed by atoms with Gasteiger partial charge >= 0.3 is 0 Å². The maximum absolute atomic E-state index is 11.2. The van der Waals surface area contributed by atoms with Crippen LogP contribution in [0, 0.1) is 0 Å². The Kier molecular flexibility index (Phi) is 2.47. The molecule has 1 heterocycles. The van der Waals surface area contributed by atoms with Crippen LogP contribution >= 0.6 is 11.8 Å². The van der Waals surface area contributed by atoms with Crippen LogP contribution in [0.4, 0.5) is 0 Å². The number of hydrogen-bond acceptors (Lipinski definition) is 4. The summed E-state index contributed by atoms with van der Waals surface area (Å²) in [5, 5.41) is 9.34. The predicted molar refractivity (Wildman–Crippen MR) is 60.3 cm³/mol. The summed E-state index contributed by atoms with van der Waals surface area (Å²) in [5.41, 5.74) is 6.23. The second kappa shape index (κ2) is 3.78. The van der Waals surface area contributed by atoms with Gasteiger partial charge in [-0.05, 0) is 35.5 Å². The van der Waals surface area contributed by atoms with Crippen molar-refractivity contribution in [1.29, 1.82) is 0 Å². The van der Waals surface area contributed by atoms with Crippen molar-refractivity contribution in [3.05, 3.63) is 34.7 Å². The number of aliphatic imine (C=N–C) groups is 1. The van der Waals surface area contributed by atoms with E-state index in [-0.39, 0.29) is 16.8 Å². The van der Waals surface area contributed by atoms with Crippen molar-refractivity contribution in [3.63, 3.8) is 0 Å². The number of carbonyl (C=O) groups excluding carboxylic acids is 1. The Hall–Kier alpha value is -1.75. The molecule has 1 aliphatic rings. The van der Waals surface area contributed by atoms with Crippen molar-refractivity contribution in [2.45, 2.75) is 0 Å². The number of phenols is 1. The first-order chi connectivity index (χ1) is 7.15. The first-order valence-corrected chi connectivity index (χ1v) is 5.04. The van der Waals surface area contributed by atoms with E-state index in [1.54, 1.807) is 30.3 Å². The zero-order chi connectivity index (χ0) is 10.8. The molecule has 4 nitrogen and oxygen atoms in total. The number of carbonyl (C=O) groups is 1. The summed E-state index contributed by atoms with van der Waals surface area (Å²) in [6.45, 7) is 0. The molecule has 76 valence electrons. The summed E-state index contributed by atoms with van der Waals surface area (Å²) in [4.78, 5) is 15.3.